The number of para-hydroxylation sites is 1. The van der Waals surface area contributed by atoms with Crippen molar-refractivity contribution in [2.75, 3.05) is 18.9 Å². The van der Waals surface area contributed by atoms with Crippen molar-refractivity contribution in [2.24, 2.45) is 0 Å². The van der Waals surface area contributed by atoms with Gasteiger partial charge >= 0.3 is 0 Å². The number of carbonyl (C=O) groups is 1. The molecule has 0 aliphatic carbocycles. The van der Waals surface area contributed by atoms with Gasteiger partial charge in [0.15, 0.2) is 5.16 Å². The third-order valence-corrected chi connectivity index (χ3v) is 7.65. The van der Waals surface area contributed by atoms with Crippen LogP contribution in [-0.2, 0) is 9.53 Å². The van der Waals surface area contributed by atoms with Crippen molar-refractivity contribution in [1.29, 1.82) is 0 Å². The lowest BCUT2D eigenvalue weighted by Crippen LogP contribution is -2.33. The second-order valence-corrected chi connectivity index (χ2v) is 10.1. The third kappa shape index (κ3) is 4.80. The minimum absolute atomic E-state index is 0.0947. The Bertz CT molecular complexity index is 1360. The van der Waals surface area contributed by atoms with Gasteiger partial charge in [-0.2, -0.15) is 0 Å². The number of benzene rings is 2. The summed E-state index contributed by atoms with van der Waals surface area (Å²) < 4.78 is 7.19. The van der Waals surface area contributed by atoms with Crippen LogP contribution in [0.15, 0.2) is 69.9 Å². The highest BCUT2D eigenvalue weighted by Crippen LogP contribution is 2.33. The number of nitrogens with zero attached hydrogens (tertiary/aromatic N) is 2. The highest BCUT2D eigenvalue weighted by Gasteiger charge is 2.20. The van der Waals surface area contributed by atoms with E-state index in [1.165, 1.54) is 28.7 Å². The molecule has 0 bridgehead atoms. The molecule has 6 nitrogen and oxygen atoms in total. The van der Waals surface area contributed by atoms with E-state index in [0.717, 1.165) is 36.3 Å². The fourth-order valence-corrected chi connectivity index (χ4v) is 5.86. The van der Waals surface area contributed by atoms with Crippen LogP contribution in [-0.4, -0.2) is 40.5 Å². The molecule has 1 atom stereocenters. The first kappa shape index (κ1) is 22.8. The van der Waals surface area contributed by atoms with Crippen molar-refractivity contribution in [3.63, 3.8) is 0 Å². The maximum atomic E-state index is 13.8. The first-order chi connectivity index (χ1) is 16.6. The maximum Gasteiger partial charge on any atom is 0.268 e. The molecule has 4 aromatic rings. The Kier molecular flexibility index (Phi) is 6.80. The molecule has 8 heteroatoms. The summed E-state index contributed by atoms with van der Waals surface area (Å²) in [7, 11) is 0. The molecule has 1 aliphatic heterocycles. The Morgan fingerprint density at radius 2 is 2.00 bits per heavy atom. The number of carbonyl (C=O) groups excluding carboxylic acids is 1. The molecule has 0 spiro atoms. The van der Waals surface area contributed by atoms with Gasteiger partial charge in [-0.05, 0) is 37.5 Å². The Labute approximate surface area is 206 Å². The number of fused-ring (bicyclic) bond motifs is 1. The van der Waals surface area contributed by atoms with Gasteiger partial charge < -0.3 is 10.1 Å². The number of rotatable bonds is 7. The van der Waals surface area contributed by atoms with Crippen LogP contribution >= 0.6 is 23.1 Å². The summed E-state index contributed by atoms with van der Waals surface area (Å²) in [4.78, 5) is 31.8. The van der Waals surface area contributed by atoms with Crippen molar-refractivity contribution in [1.82, 2.24) is 14.9 Å². The van der Waals surface area contributed by atoms with Gasteiger partial charge in [-0.1, -0.05) is 59.8 Å². The van der Waals surface area contributed by atoms with Crippen LogP contribution in [0.3, 0.4) is 0 Å². The highest BCUT2D eigenvalue weighted by atomic mass is 32.2. The smallest absolute Gasteiger partial charge is 0.268 e. The van der Waals surface area contributed by atoms with E-state index in [1.54, 1.807) is 4.57 Å². The molecule has 174 valence electrons. The molecular weight excluding hydrogens is 466 g/mol. The number of aromatic nitrogens is 2. The van der Waals surface area contributed by atoms with Gasteiger partial charge in [0.05, 0.1) is 22.9 Å². The molecule has 1 saturated heterocycles. The molecule has 1 unspecified atom stereocenters. The molecule has 5 rings (SSSR count). The van der Waals surface area contributed by atoms with E-state index in [0.29, 0.717) is 21.9 Å². The predicted molar refractivity (Wildman–Crippen MR) is 138 cm³/mol. The van der Waals surface area contributed by atoms with Crippen molar-refractivity contribution in [3.05, 3.63) is 75.9 Å². The summed E-state index contributed by atoms with van der Waals surface area (Å²) >= 11 is 2.73. The van der Waals surface area contributed by atoms with E-state index in [4.69, 9.17) is 9.72 Å². The van der Waals surface area contributed by atoms with Gasteiger partial charge in [-0.15, -0.1) is 11.3 Å². The van der Waals surface area contributed by atoms with Crippen molar-refractivity contribution in [3.8, 4) is 16.8 Å². The predicted octanol–water partition coefficient (Wildman–Crippen LogP) is 4.81. The average Bonchev–Trinajstić information content (AvgIpc) is 3.53. The summed E-state index contributed by atoms with van der Waals surface area (Å²) in [6.45, 7) is 3.32. The summed E-state index contributed by atoms with van der Waals surface area (Å²) in [5.41, 5.74) is 3.64. The fourth-order valence-electron chi connectivity index (χ4n) is 4.03. The van der Waals surface area contributed by atoms with Crippen LogP contribution in [0, 0.1) is 6.92 Å². The molecule has 1 fully saturated rings. The second-order valence-electron chi connectivity index (χ2n) is 8.29. The summed E-state index contributed by atoms with van der Waals surface area (Å²) in [6.07, 6.45) is 2.10. The molecule has 2 aromatic carbocycles. The molecule has 1 N–H and O–H groups in total. The molecule has 3 heterocycles. The zero-order valence-electron chi connectivity index (χ0n) is 18.8. The molecule has 1 aliphatic rings. The topological polar surface area (TPSA) is 73.2 Å². The first-order valence-corrected chi connectivity index (χ1v) is 13.1. The minimum atomic E-state index is -0.129. The van der Waals surface area contributed by atoms with Gasteiger partial charge in [0, 0.05) is 24.1 Å². The Morgan fingerprint density at radius 1 is 1.21 bits per heavy atom. The van der Waals surface area contributed by atoms with Crippen LogP contribution in [0.4, 0.5) is 0 Å². The number of thioether (sulfide) groups is 1. The monoisotopic (exact) mass is 491 g/mol. The van der Waals surface area contributed by atoms with E-state index < -0.39 is 0 Å². The largest absolute Gasteiger partial charge is 0.376 e. The molecule has 0 radical (unpaired) electrons. The molecule has 1 amide bonds. The lowest BCUT2D eigenvalue weighted by atomic mass is 10.1. The van der Waals surface area contributed by atoms with Crippen molar-refractivity contribution in [2.45, 2.75) is 31.0 Å². The van der Waals surface area contributed by atoms with Gasteiger partial charge in [0.25, 0.3) is 5.56 Å². The van der Waals surface area contributed by atoms with Crippen LogP contribution in [0.2, 0.25) is 0 Å². The van der Waals surface area contributed by atoms with Crippen LogP contribution in [0.1, 0.15) is 18.4 Å². The summed E-state index contributed by atoms with van der Waals surface area (Å²) in [5, 5.41) is 6.04. The van der Waals surface area contributed by atoms with Gasteiger partial charge in [0.2, 0.25) is 5.91 Å². The number of thiophene rings is 1. The number of hydrogen-bond acceptors (Lipinski definition) is 6. The number of hydrogen-bond donors (Lipinski definition) is 1. The van der Waals surface area contributed by atoms with Gasteiger partial charge in [-0.25, -0.2) is 4.98 Å². The number of nitrogens with one attached hydrogen (secondary N) is 1. The second kappa shape index (κ2) is 10.1. The summed E-state index contributed by atoms with van der Waals surface area (Å²) in [5.74, 6) is 0.0780. The van der Waals surface area contributed by atoms with E-state index in [-0.39, 0.29) is 23.3 Å². The standard InChI is InChI=1S/C26H25N3O3S2/c1-17-9-11-18(12-10-17)21-15-33-24-23(21)25(31)29(19-6-3-2-4-7-19)26(28-24)34-16-22(30)27-14-20-8-5-13-32-20/h2-4,6-7,9-12,15,20H,5,8,13-14,16H2,1H3,(H,27,30). The highest BCUT2D eigenvalue weighted by molar-refractivity contribution is 7.99. The molecule has 0 saturated carbocycles. The number of aryl methyl sites for hydroxylation is 1. The van der Waals surface area contributed by atoms with Gasteiger partial charge in [0.1, 0.15) is 4.83 Å². The van der Waals surface area contributed by atoms with Crippen LogP contribution in [0.5, 0.6) is 0 Å². The number of ether oxygens (including phenoxy) is 1. The van der Waals surface area contributed by atoms with Gasteiger partial charge in [-0.3, -0.25) is 14.2 Å². The van der Waals surface area contributed by atoms with E-state index >= 15 is 0 Å². The third-order valence-electron chi connectivity index (χ3n) is 5.84. The lowest BCUT2D eigenvalue weighted by molar-refractivity contribution is -0.119. The number of amides is 1. The van der Waals surface area contributed by atoms with Crippen LogP contribution in [0.25, 0.3) is 27.0 Å². The molecule has 2 aromatic heterocycles. The lowest BCUT2D eigenvalue weighted by Gasteiger charge is -2.13. The van der Waals surface area contributed by atoms with E-state index in [9.17, 15) is 9.59 Å². The van der Waals surface area contributed by atoms with E-state index in [1.807, 2.05) is 66.9 Å². The van der Waals surface area contributed by atoms with Crippen LogP contribution < -0.4 is 10.9 Å². The average molecular weight is 492 g/mol. The Morgan fingerprint density at radius 3 is 2.74 bits per heavy atom. The zero-order chi connectivity index (χ0) is 23.5. The van der Waals surface area contributed by atoms with Crippen molar-refractivity contribution < 1.29 is 9.53 Å². The minimum Gasteiger partial charge on any atom is -0.376 e. The van der Waals surface area contributed by atoms with Crippen molar-refractivity contribution >= 4 is 39.2 Å². The molecular formula is C26H25N3O3S2. The maximum absolute atomic E-state index is 13.8. The summed E-state index contributed by atoms with van der Waals surface area (Å²) in [6, 6.07) is 17.6. The fraction of sp³-hybridized carbons (Fsp3) is 0.269. The quantitative estimate of drug-likeness (QED) is 0.297. The molecule has 34 heavy (non-hydrogen) atoms. The SMILES string of the molecule is Cc1ccc(-c2csc3nc(SCC(=O)NCC4CCCO4)n(-c4ccccc4)c(=O)c23)cc1. The Hall–Kier alpha value is -2.94. The normalized spacial score (nSPS) is 15.6. The van der Waals surface area contributed by atoms with E-state index in [2.05, 4.69) is 5.32 Å². The first-order valence-electron chi connectivity index (χ1n) is 11.3. The zero-order valence-corrected chi connectivity index (χ0v) is 20.5. The Balaban J connectivity index is 1.49.